The number of thiazole rings is 1. The van der Waals surface area contributed by atoms with Gasteiger partial charge in [0.1, 0.15) is 11.1 Å². The Hall–Kier alpha value is -0.160. The highest BCUT2D eigenvalue weighted by molar-refractivity contribution is 7.09. The number of hydrogen-bond acceptors (Lipinski definition) is 4. The number of hydrogen-bond donors (Lipinski definition) is 0. The van der Waals surface area contributed by atoms with Crippen LogP contribution in [0.3, 0.4) is 0 Å². The highest BCUT2D eigenvalue weighted by Crippen LogP contribution is 2.26. The predicted molar refractivity (Wildman–Crippen MR) is 69.6 cm³/mol. The fourth-order valence-corrected chi connectivity index (χ4v) is 3.07. The van der Waals surface area contributed by atoms with Crippen molar-refractivity contribution in [3.8, 4) is 0 Å². The molecular weight excluding hydrogens is 258 g/mol. The molecule has 0 bridgehead atoms. The Morgan fingerprint density at radius 2 is 2.59 bits per heavy atom. The number of nitrogens with zero attached hydrogens (tertiary/aromatic N) is 1. The highest BCUT2D eigenvalue weighted by Gasteiger charge is 2.20. The second-order valence-corrected chi connectivity index (χ2v) is 5.33. The van der Waals surface area contributed by atoms with E-state index in [-0.39, 0.29) is 12.2 Å². The molecule has 0 aliphatic carbocycles. The van der Waals surface area contributed by atoms with Gasteiger partial charge in [-0.3, -0.25) is 0 Å². The molecule has 5 heteroatoms. The summed E-state index contributed by atoms with van der Waals surface area (Å²) in [6, 6.07) is 0. The number of alkyl halides is 1. The molecule has 0 N–H and O–H groups in total. The molecule has 96 valence electrons. The average Bonchev–Trinajstić information content (AvgIpc) is 3.00. The van der Waals surface area contributed by atoms with Crippen molar-refractivity contribution in [2.24, 2.45) is 0 Å². The number of aromatic nitrogens is 1. The van der Waals surface area contributed by atoms with E-state index in [1.807, 2.05) is 5.38 Å². The molecular formula is C12H18ClNO2S. The SMILES string of the molecule is CCC(OCC1CCCO1)c1nc(CCl)cs1. The monoisotopic (exact) mass is 275 g/mol. The Bertz CT molecular complexity index is 339. The standard InChI is InChI=1S/C12H18ClNO2S/c1-2-11(12-14-9(6-13)8-17-12)16-7-10-4-3-5-15-10/h8,10-11H,2-7H2,1H3. The van der Waals surface area contributed by atoms with Gasteiger partial charge in [-0.05, 0) is 19.3 Å². The van der Waals surface area contributed by atoms with Gasteiger partial charge in [-0.25, -0.2) is 4.98 Å². The molecule has 2 heterocycles. The Kier molecular flexibility index (Phi) is 5.22. The van der Waals surface area contributed by atoms with Crippen molar-refractivity contribution in [3.05, 3.63) is 16.1 Å². The molecule has 0 spiro atoms. The van der Waals surface area contributed by atoms with Gasteiger partial charge >= 0.3 is 0 Å². The molecule has 0 amide bonds. The second kappa shape index (κ2) is 6.69. The van der Waals surface area contributed by atoms with Gasteiger partial charge < -0.3 is 9.47 Å². The lowest BCUT2D eigenvalue weighted by Crippen LogP contribution is -2.16. The van der Waals surface area contributed by atoms with Crippen molar-refractivity contribution in [2.75, 3.05) is 13.2 Å². The first-order valence-corrected chi connectivity index (χ1v) is 7.48. The van der Waals surface area contributed by atoms with Crippen LogP contribution in [0.1, 0.15) is 43.0 Å². The summed E-state index contributed by atoms with van der Waals surface area (Å²) in [5.41, 5.74) is 0.936. The maximum absolute atomic E-state index is 5.90. The lowest BCUT2D eigenvalue weighted by molar-refractivity contribution is -0.0228. The minimum atomic E-state index is 0.0844. The molecule has 2 rings (SSSR count). The minimum absolute atomic E-state index is 0.0844. The van der Waals surface area contributed by atoms with E-state index in [1.54, 1.807) is 11.3 Å². The van der Waals surface area contributed by atoms with E-state index in [0.29, 0.717) is 12.5 Å². The average molecular weight is 276 g/mol. The number of ether oxygens (including phenoxy) is 2. The summed E-state index contributed by atoms with van der Waals surface area (Å²) in [6.45, 7) is 3.66. The van der Waals surface area contributed by atoms with Crippen LogP contribution in [0.4, 0.5) is 0 Å². The van der Waals surface area contributed by atoms with E-state index in [2.05, 4.69) is 11.9 Å². The van der Waals surface area contributed by atoms with Crippen LogP contribution in [0.5, 0.6) is 0 Å². The molecule has 1 aromatic heterocycles. The zero-order valence-corrected chi connectivity index (χ0v) is 11.6. The molecule has 1 fully saturated rings. The van der Waals surface area contributed by atoms with Crippen molar-refractivity contribution >= 4 is 22.9 Å². The van der Waals surface area contributed by atoms with Gasteiger partial charge in [-0.1, -0.05) is 6.92 Å². The van der Waals surface area contributed by atoms with E-state index in [4.69, 9.17) is 21.1 Å². The first-order valence-electron chi connectivity index (χ1n) is 6.07. The van der Waals surface area contributed by atoms with Gasteiger partial charge in [0, 0.05) is 12.0 Å². The van der Waals surface area contributed by atoms with Crippen LogP contribution in [0.2, 0.25) is 0 Å². The van der Waals surface area contributed by atoms with E-state index in [1.165, 1.54) is 0 Å². The summed E-state index contributed by atoms with van der Waals surface area (Å²) >= 11 is 7.38. The molecule has 1 aliphatic rings. The Balaban J connectivity index is 1.86. The lowest BCUT2D eigenvalue weighted by atomic mass is 10.2. The van der Waals surface area contributed by atoms with E-state index in [0.717, 1.165) is 36.6 Å². The van der Waals surface area contributed by atoms with Crippen LogP contribution in [0, 0.1) is 0 Å². The van der Waals surface area contributed by atoms with Crippen LogP contribution in [0.25, 0.3) is 0 Å². The predicted octanol–water partition coefficient (Wildman–Crippen LogP) is 3.53. The quantitative estimate of drug-likeness (QED) is 0.745. The third-order valence-corrected chi connectivity index (χ3v) is 4.12. The minimum Gasteiger partial charge on any atom is -0.376 e. The topological polar surface area (TPSA) is 31.4 Å². The molecule has 2 atom stereocenters. The maximum atomic E-state index is 5.90. The third-order valence-electron chi connectivity index (χ3n) is 2.86. The highest BCUT2D eigenvalue weighted by atomic mass is 35.5. The Labute approximate surface area is 111 Å². The molecule has 1 aliphatic heterocycles. The normalized spacial score (nSPS) is 21.9. The van der Waals surface area contributed by atoms with Crippen molar-refractivity contribution in [3.63, 3.8) is 0 Å². The fourth-order valence-electron chi connectivity index (χ4n) is 1.89. The largest absolute Gasteiger partial charge is 0.376 e. The summed E-state index contributed by atoms with van der Waals surface area (Å²) < 4.78 is 11.4. The van der Waals surface area contributed by atoms with Gasteiger partial charge in [0.05, 0.1) is 24.3 Å². The van der Waals surface area contributed by atoms with Crippen molar-refractivity contribution in [1.82, 2.24) is 4.98 Å². The maximum Gasteiger partial charge on any atom is 0.122 e. The van der Waals surface area contributed by atoms with Gasteiger partial charge in [0.25, 0.3) is 0 Å². The van der Waals surface area contributed by atoms with Crippen LogP contribution >= 0.6 is 22.9 Å². The summed E-state index contributed by atoms with van der Waals surface area (Å²) in [6.07, 6.45) is 3.56. The molecule has 2 unspecified atom stereocenters. The first-order chi connectivity index (χ1) is 8.33. The zero-order chi connectivity index (χ0) is 12.1. The van der Waals surface area contributed by atoms with Gasteiger partial charge in [-0.15, -0.1) is 22.9 Å². The number of halogens is 1. The smallest absolute Gasteiger partial charge is 0.122 e. The molecule has 1 aromatic rings. The number of rotatable bonds is 6. The van der Waals surface area contributed by atoms with Gasteiger partial charge in [-0.2, -0.15) is 0 Å². The summed E-state index contributed by atoms with van der Waals surface area (Å²) in [5, 5.41) is 3.03. The van der Waals surface area contributed by atoms with E-state index in [9.17, 15) is 0 Å². The second-order valence-electron chi connectivity index (χ2n) is 4.18. The first kappa shape index (κ1) is 13.3. The van der Waals surface area contributed by atoms with Crippen LogP contribution in [-0.4, -0.2) is 24.3 Å². The molecule has 1 saturated heterocycles. The van der Waals surface area contributed by atoms with Gasteiger partial charge in [0.15, 0.2) is 0 Å². The van der Waals surface area contributed by atoms with E-state index < -0.39 is 0 Å². The van der Waals surface area contributed by atoms with Crippen molar-refractivity contribution < 1.29 is 9.47 Å². The third kappa shape index (κ3) is 3.65. The van der Waals surface area contributed by atoms with Crippen molar-refractivity contribution in [1.29, 1.82) is 0 Å². The summed E-state index contributed by atoms with van der Waals surface area (Å²) in [5.74, 6) is 0.471. The Morgan fingerprint density at radius 1 is 1.71 bits per heavy atom. The fraction of sp³-hybridized carbons (Fsp3) is 0.750. The summed E-state index contributed by atoms with van der Waals surface area (Å²) in [4.78, 5) is 4.47. The molecule has 0 saturated carbocycles. The molecule has 0 aromatic carbocycles. The summed E-state index contributed by atoms with van der Waals surface area (Å²) in [7, 11) is 0. The van der Waals surface area contributed by atoms with Gasteiger partial charge in [0.2, 0.25) is 0 Å². The zero-order valence-electron chi connectivity index (χ0n) is 10.0. The van der Waals surface area contributed by atoms with Crippen LogP contribution in [-0.2, 0) is 15.4 Å². The molecule has 3 nitrogen and oxygen atoms in total. The lowest BCUT2D eigenvalue weighted by Gasteiger charge is -2.16. The van der Waals surface area contributed by atoms with Crippen molar-refractivity contribution in [2.45, 2.75) is 44.3 Å². The Morgan fingerprint density at radius 3 is 3.18 bits per heavy atom. The molecule has 0 radical (unpaired) electrons. The van der Waals surface area contributed by atoms with Crippen LogP contribution in [0.15, 0.2) is 5.38 Å². The van der Waals surface area contributed by atoms with E-state index >= 15 is 0 Å². The molecule has 17 heavy (non-hydrogen) atoms. The van der Waals surface area contributed by atoms with Crippen LogP contribution < -0.4 is 0 Å².